The van der Waals surface area contributed by atoms with E-state index in [4.69, 9.17) is 0 Å². The van der Waals surface area contributed by atoms with E-state index in [2.05, 4.69) is 10.3 Å². The lowest BCUT2D eigenvalue weighted by Gasteiger charge is -2.56. The number of carbonyl (C=O) groups is 1. The molecule has 1 amide bonds. The van der Waals surface area contributed by atoms with Gasteiger partial charge in [0.05, 0.1) is 5.51 Å². The Bertz CT molecular complexity index is 575. The van der Waals surface area contributed by atoms with E-state index < -0.39 is 17.8 Å². The van der Waals surface area contributed by atoms with Gasteiger partial charge in [0.2, 0.25) is 0 Å². The fourth-order valence-corrected chi connectivity index (χ4v) is 5.87. The van der Waals surface area contributed by atoms with Gasteiger partial charge in [-0.2, -0.15) is 13.2 Å². The molecule has 3 nitrogen and oxygen atoms in total. The second-order valence-corrected chi connectivity index (χ2v) is 8.03. The number of carbonyl (C=O) groups excluding carboxylic acids is 1. The molecule has 5 rings (SSSR count). The number of nitrogens with one attached hydrogen (secondary N) is 1. The number of hydrogen-bond donors (Lipinski definition) is 1. The quantitative estimate of drug-likeness (QED) is 0.895. The first-order valence-corrected chi connectivity index (χ1v) is 8.56. The number of hydrogen-bond acceptors (Lipinski definition) is 3. The number of thiazole rings is 1. The summed E-state index contributed by atoms with van der Waals surface area (Å²) in [6.45, 7) is 0. The van der Waals surface area contributed by atoms with Crippen molar-refractivity contribution in [2.45, 2.75) is 50.2 Å². The van der Waals surface area contributed by atoms with Crippen LogP contribution in [0.2, 0.25) is 0 Å². The second kappa shape index (κ2) is 4.69. The van der Waals surface area contributed by atoms with Gasteiger partial charge in [0.15, 0.2) is 5.69 Å². The van der Waals surface area contributed by atoms with Gasteiger partial charge in [-0.3, -0.25) is 4.79 Å². The summed E-state index contributed by atoms with van der Waals surface area (Å²) >= 11 is 0.770. The molecular formula is C15H17F3N2OS. The minimum atomic E-state index is -4.58. The van der Waals surface area contributed by atoms with Gasteiger partial charge in [0.1, 0.15) is 4.88 Å². The Kier molecular flexibility index (Phi) is 3.09. The molecule has 7 heteroatoms. The highest BCUT2D eigenvalue weighted by molar-refractivity contribution is 7.11. The summed E-state index contributed by atoms with van der Waals surface area (Å²) in [7, 11) is 0. The molecule has 0 saturated heterocycles. The van der Waals surface area contributed by atoms with Gasteiger partial charge in [0.25, 0.3) is 5.91 Å². The van der Waals surface area contributed by atoms with Gasteiger partial charge in [-0.05, 0) is 56.3 Å². The zero-order valence-corrected chi connectivity index (χ0v) is 12.8. The zero-order valence-electron chi connectivity index (χ0n) is 11.9. The number of aromatic nitrogens is 1. The van der Waals surface area contributed by atoms with E-state index in [0.717, 1.165) is 36.1 Å². The first-order valence-electron chi connectivity index (χ1n) is 7.68. The Morgan fingerprint density at radius 1 is 1.18 bits per heavy atom. The lowest BCUT2D eigenvalue weighted by Crippen LogP contribution is -2.59. The largest absolute Gasteiger partial charge is 0.434 e. The van der Waals surface area contributed by atoms with Gasteiger partial charge in [-0.1, -0.05) is 0 Å². The van der Waals surface area contributed by atoms with Crippen LogP contribution in [0.5, 0.6) is 0 Å². The monoisotopic (exact) mass is 330 g/mol. The number of halogens is 3. The van der Waals surface area contributed by atoms with Crippen molar-refractivity contribution in [2.24, 2.45) is 17.8 Å². The van der Waals surface area contributed by atoms with Gasteiger partial charge >= 0.3 is 6.18 Å². The van der Waals surface area contributed by atoms with E-state index in [-0.39, 0.29) is 10.4 Å². The Labute approximate surface area is 130 Å². The van der Waals surface area contributed by atoms with Gasteiger partial charge < -0.3 is 5.32 Å². The Balaban J connectivity index is 1.57. The fraction of sp³-hybridized carbons (Fsp3) is 0.733. The first kappa shape index (κ1) is 14.5. The van der Waals surface area contributed by atoms with Crippen LogP contribution >= 0.6 is 11.3 Å². The highest BCUT2D eigenvalue weighted by Gasteiger charge is 2.52. The maximum atomic E-state index is 12.9. The molecule has 4 aliphatic rings. The molecule has 120 valence electrons. The smallest absolute Gasteiger partial charge is 0.346 e. The van der Waals surface area contributed by atoms with E-state index in [0.29, 0.717) is 17.8 Å². The molecular weight excluding hydrogens is 313 g/mol. The maximum Gasteiger partial charge on any atom is 0.434 e. The van der Waals surface area contributed by atoms with Crippen molar-refractivity contribution in [3.63, 3.8) is 0 Å². The Hall–Kier alpha value is -1.11. The number of nitrogens with zero attached hydrogens (tertiary/aromatic N) is 1. The highest BCUT2D eigenvalue weighted by Crippen LogP contribution is 2.55. The standard InChI is InChI=1S/C15H17F3N2OS/c16-15(17,18)12-11(22-7-19-12)13(21)20-14-4-8-1-9(5-14)3-10(2-8)6-14/h7-10H,1-6H2,(H,20,21). The molecule has 1 heterocycles. The average Bonchev–Trinajstić information content (AvgIpc) is 2.85. The summed E-state index contributed by atoms with van der Waals surface area (Å²) < 4.78 is 38.7. The predicted octanol–water partition coefficient (Wildman–Crippen LogP) is 3.86. The summed E-state index contributed by atoms with van der Waals surface area (Å²) in [5.41, 5.74) is -0.240. The van der Waals surface area contributed by atoms with Crippen LogP contribution in [0.25, 0.3) is 0 Å². The predicted molar refractivity (Wildman–Crippen MR) is 75.5 cm³/mol. The maximum absolute atomic E-state index is 12.9. The third-order valence-corrected chi connectivity index (χ3v) is 6.28. The average molecular weight is 330 g/mol. The summed E-state index contributed by atoms with van der Waals surface area (Å²) in [5, 5.41) is 2.97. The molecule has 4 fully saturated rings. The molecule has 22 heavy (non-hydrogen) atoms. The molecule has 0 spiro atoms. The Morgan fingerprint density at radius 3 is 2.23 bits per heavy atom. The van der Waals surface area contributed by atoms with Crippen molar-refractivity contribution in [1.29, 1.82) is 0 Å². The minimum absolute atomic E-state index is 0.279. The van der Waals surface area contributed by atoms with E-state index in [1.54, 1.807) is 0 Å². The molecule has 4 aliphatic carbocycles. The normalized spacial score (nSPS) is 36.6. The summed E-state index contributed by atoms with van der Waals surface area (Å²) in [6.07, 6.45) is 1.87. The molecule has 1 aromatic rings. The fourth-order valence-electron chi connectivity index (χ4n) is 5.17. The molecule has 0 unspecified atom stereocenters. The third-order valence-electron chi connectivity index (χ3n) is 5.46. The van der Waals surface area contributed by atoms with Crippen LogP contribution in [0.4, 0.5) is 13.2 Å². The highest BCUT2D eigenvalue weighted by atomic mass is 32.1. The van der Waals surface area contributed by atoms with Crippen molar-refractivity contribution >= 4 is 17.2 Å². The third kappa shape index (κ3) is 2.33. The van der Waals surface area contributed by atoms with E-state index >= 15 is 0 Å². The SMILES string of the molecule is O=C(NC12CC3CC(CC(C3)C1)C2)c1scnc1C(F)(F)F. The van der Waals surface area contributed by atoms with Crippen LogP contribution in [0, 0.1) is 17.8 Å². The summed E-state index contributed by atoms with van der Waals surface area (Å²) in [6, 6.07) is 0. The second-order valence-electron chi connectivity index (χ2n) is 7.18. The van der Waals surface area contributed by atoms with E-state index in [1.807, 2.05) is 0 Å². The van der Waals surface area contributed by atoms with Gasteiger partial charge in [0, 0.05) is 5.54 Å². The number of rotatable bonds is 2. The number of amides is 1. The lowest BCUT2D eigenvalue weighted by molar-refractivity contribution is -0.141. The molecule has 4 saturated carbocycles. The zero-order chi connectivity index (χ0) is 15.5. The molecule has 1 aromatic heterocycles. The molecule has 0 radical (unpaired) electrons. The minimum Gasteiger partial charge on any atom is -0.346 e. The molecule has 4 bridgehead atoms. The van der Waals surface area contributed by atoms with Crippen molar-refractivity contribution in [3.8, 4) is 0 Å². The van der Waals surface area contributed by atoms with Gasteiger partial charge in [-0.25, -0.2) is 4.98 Å². The summed E-state index contributed by atoms with van der Waals surface area (Å²) in [5.74, 6) is 1.30. The Morgan fingerprint density at radius 2 is 1.73 bits per heavy atom. The van der Waals surface area contributed by atoms with Crippen LogP contribution in [0.1, 0.15) is 53.9 Å². The van der Waals surface area contributed by atoms with Crippen molar-refractivity contribution in [3.05, 3.63) is 16.1 Å². The molecule has 0 aliphatic heterocycles. The van der Waals surface area contributed by atoms with Crippen LogP contribution in [-0.4, -0.2) is 16.4 Å². The molecule has 0 aromatic carbocycles. The van der Waals surface area contributed by atoms with Crippen molar-refractivity contribution in [1.82, 2.24) is 10.3 Å². The van der Waals surface area contributed by atoms with Crippen LogP contribution in [0.3, 0.4) is 0 Å². The van der Waals surface area contributed by atoms with E-state index in [9.17, 15) is 18.0 Å². The molecule has 0 atom stereocenters. The lowest BCUT2D eigenvalue weighted by atomic mass is 9.53. The summed E-state index contributed by atoms with van der Waals surface area (Å²) in [4.78, 5) is 15.5. The van der Waals surface area contributed by atoms with Gasteiger partial charge in [-0.15, -0.1) is 11.3 Å². The number of alkyl halides is 3. The van der Waals surface area contributed by atoms with Crippen molar-refractivity contribution in [2.75, 3.05) is 0 Å². The molecule has 1 N–H and O–H groups in total. The van der Waals surface area contributed by atoms with Crippen molar-refractivity contribution < 1.29 is 18.0 Å². The van der Waals surface area contributed by atoms with E-state index in [1.165, 1.54) is 19.3 Å². The van der Waals surface area contributed by atoms with Crippen LogP contribution in [-0.2, 0) is 6.18 Å². The van der Waals surface area contributed by atoms with Crippen LogP contribution in [0.15, 0.2) is 5.51 Å². The topological polar surface area (TPSA) is 42.0 Å². The first-order chi connectivity index (χ1) is 10.3. The van der Waals surface area contributed by atoms with Crippen LogP contribution < -0.4 is 5.32 Å².